The molecule has 0 aromatic heterocycles. The first-order chi connectivity index (χ1) is 16.4. The van der Waals surface area contributed by atoms with Crippen molar-refractivity contribution in [3.63, 3.8) is 0 Å². The summed E-state index contributed by atoms with van der Waals surface area (Å²) in [4.78, 5) is 28.0. The molecule has 0 spiro atoms. The van der Waals surface area contributed by atoms with E-state index in [-0.39, 0.29) is 11.2 Å². The fourth-order valence-electron chi connectivity index (χ4n) is 8.00. The van der Waals surface area contributed by atoms with E-state index >= 15 is 0 Å². The van der Waals surface area contributed by atoms with E-state index in [2.05, 4.69) is 13.0 Å². The van der Waals surface area contributed by atoms with Crippen molar-refractivity contribution < 1.29 is 19.4 Å². The van der Waals surface area contributed by atoms with Crippen molar-refractivity contribution >= 4 is 11.7 Å². The first-order valence-corrected chi connectivity index (χ1v) is 13.7. The van der Waals surface area contributed by atoms with Crippen LogP contribution in [0, 0.1) is 23.2 Å². The van der Waals surface area contributed by atoms with Gasteiger partial charge >= 0.3 is 0 Å². The number of nitrogens with zero attached hydrogens (tertiary/aromatic N) is 1. The van der Waals surface area contributed by atoms with Crippen molar-refractivity contribution in [3.05, 3.63) is 23.3 Å². The Morgan fingerprint density at radius 2 is 2.00 bits per heavy atom. The Labute approximate surface area is 204 Å². The van der Waals surface area contributed by atoms with Crippen LogP contribution in [0.5, 0.6) is 11.5 Å². The van der Waals surface area contributed by atoms with E-state index in [4.69, 9.17) is 4.74 Å². The molecule has 2 saturated carbocycles. The third kappa shape index (κ3) is 4.13. The molecule has 3 aliphatic carbocycles. The number of piperidine rings is 1. The smallest absolute Gasteiger partial charge is 0.222 e. The summed E-state index contributed by atoms with van der Waals surface area (Å²) in [7, 11) is 0. The van der Waals surface area contributed by atoms with Gasteiger partial charge < -0.3 is 14.7 Å². The standard InChI is InChI=1S/C29H41NO4/c1-3-34-25-18-23-19(16-24(25)31)10-11-22-21(23)12-13-29(2)26(32)17-20(28(22)29)8-7-9-27(33)30-14-5-4-6-15-30/h16,18,20-22,28,31H,3-15,17H2,1-2H3/t20-,21-,22+,28-,29+/m0/s1. The van der Waals surface area contributed by atoms with Gasteiger partial charge in [0.15, 0.2) is 11.5 Å². The molecule has 34 heavy (non-hydrogen) atoms. The van der Waals surface area contributed by atoms with Gasteiger partial charge in [0.1, 0.15) is 5.78 Å². The van der Waals surface area contributed by atoms with E-state index in [1.54, 1.807) is 0 Å². The van der Waals surface area contributed by atoms with Crippen molar-refractivity contribution in [1.82, 2.24) is 4.90 Å². The van der Waals surface area contributed by atoms with Gasteiger partial charge in [-0.1, -0.05) is 6.92 Å². The Hall–Kier alpha value is -2.04. The number of likely N-dealkylation sites (tertiary alicyclic amines) is 1. The Morgan fingerprint density at radius 1 is 1.21 bits per heavy atom. The van der Waals surface area contributed by atoms with Crippen LogP contribution in [0.25, 0.3) is 0 Å². The molecule has 0 unspecified atom stereocenters. The molecule has 1 heterocycles. The Morgan fingerprint density at radius 3 is 2.76 bits per heavy atom. The van der Waals surface area contributed by atoms with E-state index < -0.39 is 0 Å². The number of carbonyl (C=O) groups excluding carboxylic acids is 2. The number of Topliss-reactive ketones (excluding diaryl/α,β-unsaturated/α-hetero) is 1. The SMILES string of the molecule is CCOc1cc2c(cc1O)CC[C@H]1[C@@H]3[C@@H](CCCC(=O)N4CCCCC4)CC(=O)[C@@]3(C)CC[C@H]21. The Kier molecular flexibility index (Phi) is 6.65. The molecule has 1 aromatic rings. The minimum Gasteiger partial charge on any atom is -0.504 e. The summed E-state index contributed by atoms with van der Waals surface area (Å²) >= 11 is 0. The predicted molar refractivity (Wildman–Crippen MR) is 132 cm³/mol. The van der Waals surface area contributed by atoms with Crippen molar-refractivity contribution in [2.24, 2.45) is 23.2 Å². The van der Waals surface area contributed by atoms with E-state index in [9.17, 15) is 14.7 Å². The lowest BCUT2D eigenvalue weighted by molar-refractivity contribution is -0.132. The number of hydrogen-bond donors (Lipinski definition) is 1. The maximum atomic E-state index is 13.3. The summed E-state index contributed by atoms with van der Waals surface area (Å²) in [5, 5.41) is 10.4. The number of amides is 1. The Bertz CT molecular complexity index is 936. The number of phenolic OH excluding ortho intramolecular Hbond substituents is 1. The van der Waals surface area contributed by atoms with Gasteiger partial charge in [0.05, 0.1) is 6.61 Å². The summed E-state index contributed by atoms with van der Waals surface area (Å²) in [6, 6.07) is 3.99. The number of ketones is 1. The topological polar surface area (TPSA) is 66.8 Å². The second-order valence-corrected chi connectivity index (χ2v) is 11.5. The number of phenols is 1. The lowest BCUT2D eigenvalue weighted by Gasteiger charge is -2.50. The largest absolute Gasteiger partial charge is 0.504 e. The molecule has 0 bridgehead atoms. The fraction of sp³-hybridized carbons (Fsp3) is 0.724. The van der Waals surface area contributed by atoms with Crippen LogP contribution in [0.4, 0.5) is 0 Å². The minimum atomic E-state index is -0.208. The van der Waals surface area contributed by atoms with Gasteiger partial charge in [-0.15, -0.1) is 0 Å². The van der Waals surface area contributed by atoms with Crippen LogP contribution in [-0.4, -0.2) is 41.4 Å². The molecular formula is C29H41NO4. The quantitative estimate of drug-likeness (QED) is 0.589. The molecule has 1 N–H and O–H groups in total. The maximum absolute atomic E-state index is 13.3. The minimum absolute atomic E-state index is 0.208. The van der Waals surface area contributed by atoms with Gasteiger partial charge in [0.25, 0.3) is 0 Å². The molecule has 4 aliphatic rings. The molecule has 5 heteroatoms. The average molecular weight is 468 g/mol. The number of aryl methyl sites for hydroxylation is 1. The van der Waals surface area contributed by atoms with Crippen LogP contribution in [0.1, 0.15) is 95.1 Å². The zero-order valence-corrected chi connectivity index (χ0v) is 21.0. The highest BCUT2D eigenvalue weighted by molar-refractivity contribution is 5.87. The van der Waals surface area contributed by atoms with E-state index in [1.807, 2.05) is 17.9 Å². The highest BCUT2D eigenvalue weighted by Crippen LogP contribution is 2.62. The lowest BCUT2D eigenvalue weighted by Crippen LogP contribution is -2.44. The second-order valence-electron chi connectivity index (χ2n) is 11.5. The lowest BCUT2D eigenvalue weighted by atomic mass is 9.54. The van der Waals surface area contributed by atoms with Crippen molar-refractivity contribution in [2.75, 3.05) is 19.7 Å². The summed E-state index contributed by atoms with van der Waals surface area (Å²) in [6.45, 7) is 6.55. The summed E-state index contributed by atoms with van der Waals surface area (Å²) in [6.07, 6.45) is 10.7. The van der Waals surface area contributed by atoms with Crippen LogP contribution in [-0.2, 0) is 16.0 Å². The second kappa shape index (κ2) is 9.54. The third-order valence-electron chi connectivity index (χ3n) is 9.62. The summed E-state index contributed by atoms with van der Waals surface area (Å²) in [5.74, 6) is 3.32. The van der Waals surface area contributed by atoms with Crippen molar-refractivity contribution in [2.45, 2.75) is 90.4 Å². The molecule has 1 amide bonds. The molecule has 5 rings (SSSR count). The molecular weight excluding hydrogens is 426 g/mol. The van der Waals surface area contributed by atoms with Gasteiger partial charge in [-0.05, 0) is 112 Å². The first kappa shape index (κ1) is 23.7. The van der Waals surface area contributed by atoms with E-state index in [0.717, 1.165) is 64.5 Å². The zero-order valence-electron chi connectivity index (χ0n) is 21.0. The Balaban J connectivity index is 1.32. The molecule has 186 valence electrons. The van der Waals surface area contributed by atoms with Crippen LogP contribution in [0.2, 0.25) is 0 Å². The average Bonchev–Trinajstić information content (AvgIpc) is 3.10. The highest BCUT2D eigenvalue weighted by atomic mass is 16.5. The molecule has 5 nitrogen and oxygen atoms in total. The zero-order chi connectivity index (χ0) is 23.9. The highest BCUT2D eigenvalue weighted by Gasteiger charge is 2.58. The number of ether oxygens (including phenoxy) is 1. The molecule has 1 aliphatic heterocycles. The van der Waals surface area contributed by atoms with Crippen LogP contribution >= 0.6 is 0 Å². The summed E-state index contributed by atoms with van der Waals surface area (Å²) < 4.78 is 5.71. The number of rotatable bonds is 6. The predicted octanol–water partition coefficient (Wildman–Crippen LogP) is 5.63. The molecule has 1 aromatic carbocycles. The van der Waals surface area contributed by atoms with Crippen molar-refractivity contribution in [1.29, 1.82) is 0 Å². The van der Waals surface area contributed by atoms with Crippen molar-refractivity contribution in [3.8, 4) is 11.5 Å². The molecule has 5 atom stereocenters. The first-order valence-electron chi connectivity index (χ1n) is 13.7. The summed E-state index contributed by atoms with van der Waals surface area (Å²) in [5.41, 5.74) is 2.37. The number of fused-ring (bicyclic) bond motifs is 5. The molecule has 3 fully saturated rings. The fourth-order valence-corrected chi connectivity index (χ4v) is 8.00. The number of hydrogen-bond acceptors (Lipinski definition) is 4. The van der Waals surface area contributed by atoms with Gasteiger partial charge in [0.2, 0.25) is 5.91 Å². The van der Waals surface area contributed by atoms with Crippen LogP contribution in [0.3, 0.4) is 0 Å². The van der Waals surface area contributed by atoms with Crippen LogP contribution < -0.4 is 4.74 Å². The number of carbonyl (C=O) groups is 2. The number of aromatic hydroxyl groups is 1. The van der Waals surface area contributed by atoms with Crippen LogP contribution in [0.15, 0.2) is 12.1 Å². The number of benzene rings is 1. The van der Waals surface area contributed by atoms with Gasteiger partial charge in [-0.25, -0.2) is 0 Å². The molecule has 0 radical (unpaired) electrons. The van der Waals surface area contributed by atoms with E-state index in [0.29, 0.717) is 60.6 Å². The van der Waals surface area contributed by atoms with Gasteiger partial charge in [0, 0.05) is 31.3 Å². The monoisotopic (exact) mass is 467 g/mol. The normalized spacial score (nSPS) is 32.6. The molecule has 1 saturated heterocycles. The van der Waals surface area contributed by atoms with E-state index in [1.165, 1.54) is 17.5 Å². The van der Waals surface area contributed by atoms with Gasteiger partial charge in [-0.3, -0.25) is 9.59 Å². The van der Waals surface area contributed by atoms with Gasteiger partial charge in [-0.2, -0.15) is 0 Å². The third-order valence-corrected chi connectivity index (χ3v) is 9.62. The maximum Gasteiger partial charge on any atom is 0.222 e.